The Kier molecular flexibility index (Phi) is 4.07. The molecule has 22 heavy (non-hydrogen) atoms. The Balaban J connectivity index is 1.70. The number of carbonyl (C=O) groups excluding carboxylic acids is 1. The molecule has 0 atom stereocenters. The first-order valence-corrected chi connectivity index (χ1v) is 7.03. The Hall–Kier alpha value is -2.79. The summed E-state index contributed by atoms with van der Waals surface area (Å²) in [5.74, 6) is 0.420. The van der Waals surface area contributed by atoms with Gasteiger partial charge in [-0.15, -0.1) is 0 Å². The van der Waals surface area contributed by atoms with E-state index in [1.165, 1.54) is 0 Å². The number of anilines is 2. The fourth-order valence-corrected chi connectivity index (χ4v) is 2.24. The summed E-state index contributed by atoms with van der Waals surface area (Å²) in [5, 5.41) is 12.9. The van der Waals surface area contributed by atoms with E-state index in [1.54, 1.807) is 24.3 Å². The van der Waals surface area contributed by atoms with Crippen LogP contribution in [-0.2, 0) is 0 Å². The van der Waals surface area contributed by atoms with Gasteiger partial charge in [0.25, 0.3) is 0 Å². The van der Waals surface area contributed by atoms with Crippen LogP contribution in [-0.4, -0.2) is 16.2 Å². The summed E-state index contributed by atoms with van der Waals surface area (Å²) in [6.45, 7) is 0. The number of amides is 2. The van der Waals surface area contributed by atoms with Gasteiger partial charge in [0.15, 0.2) is 5.82 Å². The van der Waals surface area contributed by atoms with Crippen LogP contribution >= 0.6 is 11.6 Å². The predicted molar refractivity (Wildman–Crippen MR) is 88.1 cm³/mol. The molecule has 1 aromatic heterocycles. The molecule has 1 heterocycles. The standard InChI is InChI=1S/C16H13ClN4O/c17-13-9-5-4-8-12(13)14-10-15(21-20-14)19-16(22)18-11-6-2-1-3-7-11/h1-10H,(H3,18,19,20,21,22). The first kappa shape index (κ1) is 14.2. The molecule has 5 nitrogen and oxygen atoms in total. The highest BCUT2D eigenvalue weighted by atomic mass is 35.5. The number of para-hydroxylation sites is 1. The van der Waals surface area contributed by atoms with Crippen LogP contribution < -0.4 is 10.6 Å². The van der Waals surface area contributed by atoms with Crippen molar-refractivity contribution in [3.05, 3.63) is 65.7 Å². The zero-order valence-corrected chi connectivity index (χ0v) is 12.3. The molecule has 110 valence electrons. The summed E-state index contributed by atoms with van der Waals surface area (Å²) in [6.07, 6.45) is 0. The van der Waals surface area contributed by atoms with E-state index in [0.717, 1.165) is 11.3 Å². The average Bonchev–Trinajstić information content (AvgIpc) is 2.97. The van der Waals surface area contributed by atoms with Crippen LogP contribution in [0.2, 0.25) is 5.02 Å². The van der Waals surface area contributed by atoms with Gasteiger partial charge in [0, 0.05) is 22.3 Å². The SMILES string of the molecule is O=C(Nc1ccccc1)Nc1cc(-c2ccccc2Cl)[nH]n1. The molecule has 0 fully saturated rings. The molecule has 0 bridgehead atoms. The van der Waals surface area contributed by atoms with Gasteiger partial charge in [-0.2, -0.15) is 5.10 Å². The second kappa shape index (κ2) is 6.32. The molecule has 6 heteroatoms. The van der Waals surface area contributed by atoms with Crippen molar-refractivity contribution in [2.45, 2.75) is 0 Å². The van der Waals surface area contributed by atoms with Gasteiger partial charge in [0.2, 0.25) is 0 Å². The molecule has 3 aromatic rings. The summed E-state index contributed by atoms with van der Waals surface area (Å²) in [7, 11) is 0. The van der Waals surface area contributed by atoms with Crippen molar-refractivity contribution in [1.29, 1.82) is 0 Å². The Labute approximate surface area is 132 Å². The number of aromatic amines is 1. The molecular weight excluding hydrogens is 300 g/mol. The number of nitrogens with one attached hydrogen (secondary N) is 3. The number of carbonyl (C=O) groups is 1. The molecule has 0 saturated heterocycles. The maximum Gasteiger partial charge on any atom is 0.324 e. The van der Waals surface area contributed by atoms with Crippen molar-refractivity contribution in [3.63, 3.8) is 0 Å². The summed E-state index contributed by atoms with van der Waals surface area (Å²) < 4.78 is 0. The number of hydrogen-bond acceptors (Lipinski definition) is 2. The monoisotopic (exact) mass is 312 g/mol. The summed E-state index contributed by atoms with van der Waals surface area (Å²) >= 11 is 6.13. The topological polar surface area (TPSA) is 69.8 Å². The molecule has 3 rings (SSSR count). The third-order valence-corrected chi connectivity index (χ3v) is 3.34. The fourth-order valence-electron chi connectivity index (χ4n) is 2.00. The van der Waals surface area contributed by atoms with E-state index in [0.29, 0.717) is 16.5 Å². The highest BCUT2D eigenvalue weighted by Gasteiger charge is 2.09. The van der Waals surface area contributed by atoms with E-state index in [-0.39, 0.29) is 6.03 Å². The highest BCUT2D eigenvalue weighted by Crippen LogP contribution is 2.27. The molecular formula is C16H13ClN4O. The van der Waals surface area contributed by atoms with Crippen LogP contribution in [0.5, 0.6) is 0 Å². The van der Waals surface area contributed by atoms with Crippen molar-refractivity contribution in [1.82, 2.24) is 10.2 Å². The Morgan fingerprint density at radius 2 is 1.73 bits per heavy atom. The quantitative estimate of drug-likeness (QED) is 0.672. The molecule has 0 aliphatic heterocycles. The van der Waals surface area contributed by atoms with Crippen molar-refractivity contribution >= 4 is 29.1 Å². The van der Waals surface area contributed by atoms with Gasteiger partial charge >= 0.3 is 6.03 Å². The highest BCUT2D eigenvalue weighted by molar-refractivity contribution is 6.33. The molecule has 3 N–H and O–H groups in total. The van der Waals surface area contributed by atoms with Crippen LogP contribution in [0.15, 0.2) is 60.7 Å². The van der Waals surface area contributed by atoms with E-state index in [4.69, 9.17) is 11.6 Å². The maximum absolute atomic E-state index is 11.9. The predicted octanol–water partition coefficient (Wildman–Crippen LogP) is 4.37. The number of benzene rings is 2. The summed E-state index contributed by atoms with van der Waals surface area (Å²) in [5.41, 5.74) is 2.27. The lowest BCUT2D eigenvalue weighted by atomic mass is 10.1. The second-order valence-corrected chi connectivity index (χ2v) is 5.00. The van der Waals surface area contributed by atoms with Gasteiger partial charge in [-0.3, -0.25) is 10.4 Å². The first-order valence-electron chi connectivity index (χ1n) is 6.66. The molecule has 2 amide bonds. The van der Waals surface area contributed by atoms with Gasteiger partial charge < -0.3 is 5.32 Å². The van der Waals surface area contributed by atoms with Crippen molar-refractivity contribution in [3.8, 4) is 11.3 Å². The smallest absolute Gasteiger partial charge is 0.308 e. The lowest BCUT2D eigenvalue weighted by Crippen LogP contribution is -2.19. The second-order valence-electron chi connectivity index (χ2n) is 4.59. The number of aromatic nitrogens is 2. The normalized spacial score (nSPS) is 10.2. The number of urea groups is 1. The molecule has 0 aliphatic carbocycles. The largest absolute Gasteiger partial charge is 0.324 e. The van der Waals surface area contributed by atoms with E-state index in [9.17, 15) is 4.79 Å². The Bertz CT molecular complexity index is 786. The lowest BCUT2D eigenvalue weighted by Gasteiger charge is -2.04. The molecule has 0 saturated carbocycles. The zero-order chi connectivity index (χ0) is 15.4. The van der Waals surface area contributed by atoms with Crippen LogP contribution in [0, 0.1) is 0 Å². The van der Waals surface area contributed by atoms with Gasteiger partial charge in [-0.25, -0.2) is 4.79 Å². The molecule has 0 aliphatic rings. The Morgan fingerprint density at radius 3 is 2.50 bits per heavy atom. The van der Waals surface area contributed by atoms with Gasteiger partial charge in [-0.1, -0.05) is 48.0 Å². The molecule has 2 aromatic carbocycles. The zero-order valence-electron chi connectivity index (χ0n) is 11.5. The van der Waals surface area contributed by atoms with E-state index < -0.39 is 0 Å². The average molecular weight is 313 g/mol. The first-order chi connectivity index (χ1) is 10.7. The summed E-state index contributed by atoms with van der Waals surface area (Å²) in [4.78, 5) is 11.9. The number of hydrogen-bond donors (Lipinski definition) is 3. The van der Waals surface area contributed by atoms with Gasteiger partial charge in [-0.05, 0) is 18.2 Å². The van der Waals surface area contributed by atoms with E-state index in [2.05, 4.69) is 20.8 Å². The Morgan fingerprint density at radius 1 is 1.00 bits per heavy atom. The van der Waals surface area contributed by atoms with Gasteiger partial charge in [0.1, 0.15) is 0 Å². The third kappa shape index (κ3) is 3.27. The third-order valence-electron chi connectivity index (χ3n) is 3.02. The van der Waals surface area contributed by atoms with Crippen LogP contribution in [0.3, 0.4) is 0 Å². The molecule has 0 unspecified atom stereocenters. The van der Waals surface area contributed by atoms with Crippen molar-refractivity contribution in [2.75, 3.05) is 10.6 Å². The van der Waals surface area contributed by atoms with Crippen LogP contribution in [0.4, 0.5) is 16.3 Å². The maximum atomic E-state index is 11.9. The minimum atomic E-state index is -0.358. The lowest BCUT2D eigenvalue weighted by molar-refractivity contribution is 0.262. The number of nitrogens with zero attached hydrogens (tertiary/aromatic N) is 1. The van der Waals surface area contributed by atoms with Crippen molar-refractivity contribution < 1.29 is 4.79 Å². The number of rotatable bonds is 3. The van der Waals surface area contributed by atoms with E-state index in [1.807, 2.05) is 36.4 Å². The minimum Gasteiger partial charge on any atom is -0.308 e. The van der Waals surface area contributed by atoms with E-state index >= 15 is 0 Å². The molecule has 0 radical (unpaired) electrons. The summed E-state index contributed by atoms with van der Waals surface area (Å²) in [6, 6.07) is 18.0. The van der Waals surface area contributed by atoms with Crippen LogP contribution in [0.25, 0.3) is 11.3 Å². The van der Waals surface area contributed by atoms with Crippen molar-refractivity contribution in [2.24, 2.45) is 0 Å². The number of H-pyrrole nitrogens is 1. The van der Waals surface area contributed by atoms with Gasteiger partial charge in [0.05, 0.1) is 5.69 Å². The molecule has 0 spiro atoms. The fraction of sp³-hybridized carbons (Fsp3) is 0. The minimum absolute atomic E-state index is 0.358. The van der Waals surface area contributed by atoms with Crippen LogP contribution in [0.1, 0.15) is 0 Å². The number of halogens is 1.